The van der Waals surface area contributed by atoms with Crippen LogP contribution >= 0.6 is 22.7 Å². The zero-order valence-corrected chi connectivity index (χ0v) is 47.7. The Morgan fingerprint density at radius 1 is 0.247 bits per heavy atom. The SMILES string of the molecule is c1ccc(N(c2cccc(-c3ccc4cc5c(cc4c3)C3(c4ccccc4-c4ccccc43)c3c-5ccc4cc(-c5cccc(N(c6ccccc6)c6cccc7c6sc6ccccc67)c5)ccc34)c2)c2cccc3c2sc2ccccc23)cc1. The van der Waals surface area contributed by atoms with Crippen molar-refractivity contribution in [3.05, 3.63) is 326 Å². The van der Waals surface area contributed by atoms with E-state index >= 15 is 0 Å². The molecule has 2 aliphatic rings. The molecule has 18 rings (SSSR count). The van der Waals surface area contributed by atoms with E-state index in [0.29, 0.717) is 0 Å². The number of hydrogen-bond acceptors (Lipinski definition) is 4. The highest BCUT2D eigenvalue weighted by atomic mass is 32.1. The molecule has 0 amide bonds. The maximum Gasteiger partial charge on any atom is 0.0731 e. The quantitative estimate of drug-likeness (QED) is 0.150. The summed E-state index contributed by atoms with van der Waals surface area (Å²) >= 11 is 3.74. The molecule has 85 heavy (non-hydrogen) atoms. The molecule has 0 fully saturated rings. The lowest BCUT2D eigenvalue weighted by molar-refractivity contribution is 0.802. The minimum Gasteiger partial charge on any atom is -0.309 e. The first-order valence-corrected chi connectivity index (χ1v) is 30.8. The summed E-state index contributed by atoms with van der Waals surface area (Å²) in [4.78, 5) is 4.87. The van der Waals surface area contributed by atoms with Gasteiger partial charge in [0.1, 0.15) is 0 Å². The molecule has 2 aliphatic carbocycles. The Balaban J connectivity index is 0.776. The fourth-order valence-electron chi connectivity index (χ4n) is 14.6. The molecule has 396 valence electrons. The largest absolute Gasteiger partial charge is 0.309 e. The number of hydrogen-bond donors (Lipinski definition) is 0. The van der Waals surface area contributed by atoms with Crippen LogP contribution < -0.4 is 9.80 Å². The Morgan fingerprint density at radius 3 is 1.29 bits per heavy atom. The average Bonchev–Trinajstić information content (AvgIpc) is 1.56. The highest BCUT2D eigenvalue weighted by Crippen LogP contribution is 2.65. The molecule has 0 unspecified atom stereocenters. The van der Waals surface area contributed by atoms with Crippen molar-refractivity contribution in [3.63, 3.8) is 0 Å². The lowest BCUT2D eigenvalue weighted by atomic mass is 9.69. The van der Waals surface area contributed by atoms with Gasteiger partial charge in [0.15, 0.2) is 0 Å². The first kappa shape index (κ1) is 48.2. The smallest absolute Gasteiger partial charge is 0.0731 e. The fraction of sp³-hybridized carbons (Fsp3) is 0.0123. The summed E-state index contributed by atoms with van der Waals surface area (Å²) < 4.78 is 5.16. The zero-order chi connectivity index (χ0) is 55.7. The van der Waals surface area contributed by atoms with Crippen molar-refractivity contribution in [1.29, 1.82) is 0 Å². The Morgan fingerprint density at radius 2 is 0.706 bits per heavy atom. The van der Waals surface area contributed by atoms with E-state index in [9.17, 15) is 0 Å². The number of anilines is 6. The molecule has 0 aliphatic heterocycles. The van der Waals surface area contributed by atoms with Gasteiger partial charge in [0.25, 0.3) is 0 Å². The topological polar surface area (TPSA) is 6.48 Å². The summed E-state index contributed by atoms with van der Waals surface area (Å²) in [5.74, 6) is 0. The molecule has 2 aromatic heterocycles. The molecular formula is C81H50N2S2. The van der Waals surface area contributed by atoms with Gasteiger partial charge in [-0.1, -0.05) is 206 Å². The van der Waals surface area contributed by atoms with Gasteiger partial charge >= 0.3 is 0 Å². The molecule has 0 radical (unpaired) electrons. The van der Waals surface area contributed by atoms with Crippen LogP contribution in [0, 0.1) is 0 Å². The summed E-state index contributed by atoms with van der Waals surface area (Å²) in [6.07, 6.45) is 0. The first-order valence-electron chi connectivity index (χ1n) is 29.2. The molecule has 4 heteroatoms. The number of fused-ring (bicyclic) bond motifs is 19. The Kier molecular flexibility index (Phi) is 10.7. The number of para-hydroxylation sites is 2. The first-order chi connectivity index (χ1) is 42.1. The van der Waals surface area contributed by atoms with Crippen LogP contribution in [-0.4, -0.2) is 0 Å². The van der Waals surface area contributed by atoms with Gasteiger partial charge in [-0.05, 0) is 185 Å². The van der Waals surface area contributed by atoms with E-state index in [1.165, 1.54) is 140 Å². The lowest BCUT2D eigenvalue weighted by Gasteiger charge is -2.31. The molecule has 0 saturated heterocycles. The van der Waals surface area contributed by atoms with Crippen molar-refractivity contribution >= 4 is 119 Å². The Bertz CT molecular complexity index is 5360. The molecule has 1 spiro atoms. The fourth-order valence-corrected chi connectivity index (χ4v) is 17.0. The molecular weight excluding hydrogens is 1070 g/mol. The minimum absolute atomic E-state index is 0.545. The van der Waals surface area contributed by atoms with Gasteiger partial charge in [0.05, 0.1) is 26.2 Å². The molecule has 0 atom stereocenters. The highest BCUT2D eigenvalue weighted by molar-refractivity contribution is 7.26. The number of thiophene rings is 2. The number of benzene rings is 14. The summed E-state index contributed by atoms with van der Waals surface area (Å²) in [6, 6.07) is 113. The molecule has 0 N–H and O–H groups in total. The van der Waals surface area contributed by atoms with Crippen LogP contribution in [0.1, 0.15) is 22.3 Å². The van der Waals surface area contributed by atoms with Crippen LogP contribution in [0.2, 0.25) is 0 Å². The van der Waals surface area contributed by atoms with Crippen LogP contribution in [0.15, 0.2) is 303 Å². The van der Waals surface area contributed by atoms with Gasteiger partial charge in [-0.25, -0.2) is 0 Å². The van der Waals surface area contributed by atoms with E-state index in [2.05, 4.69) is 313 Å². The predicted octanol–water partition coefficient (Wildman–Crippen LogP) is 23.3. The number of rotatable bonds is 8. The van der Waals surface area contributed by atoms with E-state index in [4.69, 9.17) is 0 Å². The van der Waals surface area contributed by atoms with E-state index in [0.717, 1.165) is 22.7 Å². The van der Waals surface area contributed by atoms with Gasteiger partial charge in [0, 0.05) is 53.7 Å². The van der Waals surface area contributed by atoms with Crippen LogP contribution in [0.5, 0.6) is 0 Å². The second-order valence-electron chi connectivity index (χ2n) is 22.7. The van der Waals surface area contributed by atoms with Crippen LogP contribution in [0.4, 0.5) is 34.1 Å². The van der Waals surface area contributed by atoms with Gasteiger partial charge in [-0.15, -0.1) is 22.7 Å². The van der Waals surface area contributed by atoms with Crippen LogP contribution in [0.25, 0.3) is 106 Å². The monoisotopic (exact) mass is 1110 g/mol. The normalized spacial score (nSPS) is 12.8. The second-order valence-corrected chi connectivity index (χ2v) is 24.8. The van der Waals surface area contributed by atoms with Gasteiger partial charge in [0.2, 0.25) is 0 Å². The van der Waals surface area contributed by atoms with Crippen molar-refractivity contribution in [2.75, 3.05) is 9.80 Å². The van der Waals surface area contributed by atoms with Crippen molar-refractivity contribution in [1.82, 2.24) is 0 Å². The van der Waals surface area contributed by atoms with E-state index in [1.54, 1.807) is 0 Å². The zero-order valence-electron chi connectivity index (χ0n) is 46.1. The van der Waals surface area contributed by atoms with Crippen molar-refractivity contribution < 1.29 is 0 Å². The maximum atomic E-state index is 2.54. The number of nitrogens with zero attached hydrogens (tertiary/aromatic N) is 2. The molecule has 14 aromatic carbocycles. The third-order valence-electron chi connectivity index (χ3n) is 18.2. The molecule has 2 heterocycles. The average molecular weight is 1120 g/mol. The van der Waals surface area contributed by atoms with E-state index in [1.807, 2.05) is 22.7 Å². The molecule has 0 bridgehead atoms. The van der Waals surface area contributed by atoms with Gasteiger partial charge in [-0.2, -0.15) is 0 Å². The summed E-state index contributed by atoms with van der Waals surface area (Å²) in [7, 11) is 0. The van der Waals surface area contributed by atoms with Crippen LogP contribution in [-0.2, 0) is 5.41 Å². The van der Waals surface area contributed by atoms with E-state index in [-0.39, 0.29) is 0 Å². The second kappa shape index (κ2) is 18.8. The molecule has 0 saturated carbocycles. The maximum absolute atomic E-state index is 2.54. The molecule has 16 aromatic rings. The minimum atomic E-state index is -0.545. The lowest BCUT2D eigenvalue weighted by Crippen LogP contribution is -2.26. The standard InChI is InChI=1S/C81H50N2S2/c1-3-21-58(22-4-1)82(74-35-17-31-68-65-29-9-13-37-76(65)84-79(68)74)60-25-15-19-51(47-60)53-39-40-55-49-70-67-44-42-56-45-54(41-43-62(56)78(67)81(73(70)50-57(55)46-53)71-33-11-7-27-63(71)64-28-8-12-34-72(64)81)52-20-16-26-61(48-52)83(59-23-5-2-6-24-59)75-36-18-32-69-66-30-10-14-38-77(66)85-80(69)75/h1-50H. The molecule has 2 nitrogen and oxygen atoms in total. The summed E-state index contributed by atoms with van der Waals surface area (Å²) in [5.41, 5.74) is 21.6. The third-order valence-corrected chi connectivity index (χ3v) is 20.6. The van der Waals surface area contributed by atoms with Crippen molar-refractivity contribution in [3.8, 4) is 44.5 Å². The predicted molar refractivity (Wildman–Crippen MR) is 364 cm³/mol. The van der Waals surface area contributed by atoms with Crippen molar-refractivity contribution in [2.24, 2.45) is 0 Å². The highest BCUT2D eigenvalue weighted by Gasteiger charge is 2.52. The van der Waals surface area contributed by atoms with Crippen molar-refractivity contribution in [2.45, 2.75) is 5.41 Å². The van der Waals surface area contributed by atoms with Crippen LogP contribution in [0.3, 0.4) is 0 Å². The van der Waals surface area contributed by atoms with E-state index < -0.39 is 5.41 Å². The Labute approximate surface area is 500 Å². The summed E-state index contributed by atoms with van der Waals surface area (Å²) in [5, 5.41) is 10.1. The van der Waals surface area contributed by atoms with Gasteiger partial charge < -0.3 is 9.80 Å². The Hall–Kier alpha value is -10.4. The summed E-state index contributed by atoms with van der Waals surface area (Å²) in [6.45, 7) is 0. The third kappa shape index (κ3) is 7.23. The van der Waals surface area contributed by atoms with Gasteiger partial charge in [-0.3, -0.25) is 0 Å².